The number of anilines is 1. The van der Waals surface area contributed by atoms with E-state index in [9.17, 15) is 14.9 Å². The highest BCUT2D eigenvalue weighted by molar-refractivity contribution is 9.10. The third-order valence-electron chi connectivity index (χ3n) is 3.18. The Morgan fingerprint density at radius 3 is 2.67 bits per heavy atom. The molecule has 0 spiro atoms. The van der Waals surface area contributed by atoms with Crippen molar-refractivity contribution in [3.63, 3.8) is 0 Å². The van der Waals surface area contributed by atoms with Gasteiger partial charge in [0.15, 0.2) is 5.13 Å². The molecule has 120 valence electrons. The summed E-state index contributed by atoms with van der Waals surface area (Å²) in [6, 6.07) is 13.2. The minimum absolute atomic E-state index is 0.000878. The van der Waals surface area contributed by atoms with Crippen molar-refractivity contribution in [2.45, 2.75) is 0 Å². The number of hydrogen-bond acceptors (Lipinski definition) is 5. The van der Waals surface area contributed by atoms with E-state index in [2.05, 4.69) is 26.2 Å². The van der Waals surface area contributed by atoms with Crippen LogP contribution in [0.25, 0.3) is 11.3 Å². The van der Waals surface area contributed by atoms with E-state index in [1.807, 2.05) is 0 Å². The molecule has 0 radical (unpaired) electrons. The first-order chi connectivity index (χ1) is 11.5. The molecular formula is C16H10BrN3O3S. The monoisotopic (exact) mass is 403 g/mol. The first-order valence-corrected chi connectivity index (χ1v) is 8.47. The van der Waals surface area contributed by atoms with Crippen LogP contribution < -0.4 is 5.32 Å². The van der Waals surface area contributed by atoms with Crippen molar-refractivity contribution in [2.24, 2.45) is 0 Å². The van der Waals surface area contributed by atoms with Gasteiger partial charge in [-0.05, 0) is 24.3 Å². The highest BCUT2D eigenvalue weighted by Crippen LogP contribution is 2.27. The van der Waals surface area contributed by atoms with Crippen LogP contribution in [0.2, 0.25) is 0 Å². The molecule has 1 aromatic heterocycles. The minimum atomic E-state index is -0.452. The van der Waals surface area contributed by atoms with Crippen molar-refractivity contribution in [1.82, 2.24) is 4.98 Å². The number of aromatic nitrogens is 1. The van der Waals surface area contributed by atoms with E-state index < -0.39 is 4.92 Å². The number of rotatable bonds is 4. The van der Waals surface area contributed by atoms with Crippen molar-refractivity contribution >= 4 is 44.0 Å². The Morgan fingerprint density at radius 2 is 1.96 bits per heavy atom. The van der Waals surface area contributed by atoms with Gasteiger partial charge in [0, 0.05) is 33.1 Å². The molecule has 0 unspecified atom stereocenters. The summed E-state index contributed by atoms with van der Waals surface area (Å²) in [6.07, 6.45) is 0. The fraction of sp³-hybridized carbons (Fsp3) is 0. The SMILES string of the molecule is O=C(Nc1nc(-c2cccc([N+](=O)[O-])c2)cs1)c1ccc(Br)cc1. The zero-order valence-corrected chi connectivity index (χ0v) is 14.5. The number of hydrogen-bond donors (Lipinski definition) is 1. The third-order valence-corrected chi connectivity index (χ3v) is 4.47. The van der Waals surface area contributed by atoms with Gasteiger partial charge in [-0.2, -0.15) is 0 Å². The molecular weight excluding hydrogens is 394 g/mol. The van der Waals surface area contributed by atoms with Gasteiger partial charge in [-0.15, -0.1) is 11.3 Å². The number of nitrogens with one attached hydrogen (secondary N) is 1. The number of carbonyl (C=O) groups excluding carboxylic acids is 1. The van der Waals surface area contributed by atoms with Gasteiger partial charge in [-0.3, -0.25) is 20.2 Å². The van der Waals surface area contributed by atoms with Crippen LogP contribution in [-0.2, 0) is 0 Å². The standard InChI is InChI=1S/C16H10BrN3O3S/c17-12-6-4-10(5-7-12)15(21)19-16-18-14(9-24-16)11-2-1-3-13(8-11)20(22)23/h1-9H,(H,18,19,21). The number of thiazole rings is 1. The summed E-state index contributed by atoms with van der Waals surface area (Å²) in [5.41, 5.74) is 1.73. The largest absolute Gasteiger partial charge is 0.298 e. The summed E-state index contributed by atoms with van der Waals surface area (Å²) in [7, 11) is 0. The number of nitro groups is 1. The lowest BCUT2D eigenvalue weighted by Gasteiger charge is -2.01. The van der Waals surface area contributed by atoms with Gasteiger partial charge in [-0.25, -0.2) is 4.98 Å². The number of benzene rings is 2. The van der Waals surface area contributed by atoms with Crippen LogP contribution in [0.1, 0.15) is 10.4 Å². The Kier molecular flexibility index (Phi) is 4.68. The van der Waals surface area contributed by atoms with E-state index in [1.54, 1.807) is 41.8 Å². The molecule has 1 amide bonds. The number of non-ortho nitro benzene ring substituents is 1. The van der Waals surface area contributed by atoms with Crippen LogP contribution in [0.15, 0.2) is 58.4 Å². The van der Waals surface area contributed by atoms with Crippen LogP contribution in [0.5, 0.6) is 0 Å². The number of carbonyl (C=O) groups is 1. The Balaban J connectivity index is 1.78. The Labute approximate surface area is 149 Å². The number of nitro benzene ring substituents is 1. The molecule has 1 heterocycles. The van der Waals surface area contributed by atoms with E-state index in [-0.39, 0.29) is 11.6 Å². The van der Waals surface area contributed by atoms with Crippen molar-refractivity contribution in [3.8, 4) is 11.3 Å². The smallest absolute Gasteiger partial charge is 0.270 e. The fourth-order valence-electron chi connectivity index (χ4n) is 2.01. The van der Waals surface area contributed by atoms with Crippen LogP contribution in [0.3, 0.4) is 0 Å². The van der Waals surface area contributed by atoms with Crippen LogP contribution in [0, 0.1) is 10.1 Å². The maximum atomic E-state index is 12.2. The minimum Gasteiger partial charge on any atom is -0.298 e. The first-order valence-electron chi connectivity index (χ1n) is 6.80. The molecule has 2 aromatic carbocycles. The van der Waals surface area contributed by atoms with Gasteiger partial charge in [0.05, 0.1) is 10.6 Å². The first kappa shape index (κ1) is 16.3. The second kappa shape index (κ2) is 6.90. The highest BCUT2D eigenvalue weighted by Gasteiger charge is 2.12. The Morgan fingerprint density at radius 1 is 1.21 bits per heavy atom. The van der Waals surface area contributed by atoms with Crippen LogP contribution >= 0.6 is 27.3 Å². The topological polar surface area (TPSA) is 85.1 Å². The molecule has 3 rings (SSSR count). The Hall–Kier alpha value is -2.58. The fourth-order valence-corrected chi connectivity index (χ4v) is 2.99. The number of nitrogens with zero attached hydrogens (tertiary/aromatic N) is 2. The third kappa shape index (κ3) is 3.66. The average molecular weight is 404 g/mol. The van der Waals surface area contributed by atoms with Gasteiger partial charge in [0.25, 0.3) is 11.6 Å². The van der Waals surface area contributed by atoms with Gasteiger partial charge in [0.2, 0.25) is 0 Å². The van der Waals surface area contributed by atoms with E-state index >= 15 is 0 Å². The molecule has 24 heavy (non-hydrogen) atoms. The van der Waals surface area contributed by atoms with Crippen molar-refractivity contribution in [1.29, 1.82) is 0 Å². The normalized spacial score (nSPS) is 10.4. The molecule has 0 atom stereocenters. The molecule has 1 N–H and O–H groups in total. The van der Waals surface area contributed by atoms with E-state index in [1.165, 1.54) is 23.5 Å². The molecule has 8 heteroatoms. The predicted octanol–water partition coefficient (Wildman–Crippen LogP) is 4.73. The maximum absolute atomic E-state index is 12.2. The molecule has 0 saturated heterocycles. The second-order valence-corrected chi connectivity index (χ2v) is 6.58. The summed E-state index contributed by atoms with van der Waals surface area (Å²) in [5, 5.41) is 15.7. The molecule has 0 aliphatic rings. The summed E-state index contributed by atoms with van der Waals surface area (Å²) >= 11 is 4.58. The van der Waals surface area contributed by atoms with Crippen molar-refractivity contribution < 1.29 is 9.72 Å². The summed E-state index contributed by atoms with van der Waals surface area (Å²) < 4.78 is 0.890. The van der Waals surface area contributed by atoms with Gasteiger partial charge < -0.3 is 0 Å². The highest BCUT2D eigenvalue weighted by atomic mass is 79.9. The van der Waals surface area contributed by atoms with Crippen LogP contribution in [0.4, 0.5) is 10.8 Å². The van der Waals surface area contributed by atoms with E-state index in [0.717, 1.165) is 4.47 Å². The predicted molar refractivity (Wildman–Crippen MR) is 96.3 cm³/mol. The summed E-state index contributed by atoms with van der Waals surface area (Å²) in [5.74, 6) is -0.262. The zero-order valence-electron chi connectivity index (χ0n) is 12.1. The lowest BCUT2D eigenvalue weighted by molar-refractivity contribution is -0.384. The van der Waals surface area contributed by atoms with Crippen LogP contribution in [-0.4, -0.2) is 15.8 Å². The summed E-state index contributed by atoms with van der Waals surface area (Å²) in [4.78, 5) is 26.9. The zero-order chi connectivity index (χ0) is 17.1. The van der Waals surface area contributed by atoms with E-state index in [0.29, 0.717) is 22.0 Å². The number of halogens is 1. The molecule has 0 saturated carbocycles. The van der Waals surface area contributed by atoms with E-state index in [4.69, 9.17) is 0 Å². The quantitative estimate of drug-likeness (QED) is 0.503. The number of amides is 1. The Bertz CT molecular complexity index is 909. The van der Waals surface area contributed by atoms with Crippen molar-refractivity contribution in [3.05, 3.63) is 74.1 Å². The van der Waals surface area contributed by atoms with Gasteiger partial charge in [0.1, 0.15) is 0 Å². The van der Waals surface area contributed by atoms with Crippen molar-refractivity contribution in [2.75, 3.05) is 5.32 Å². The van der Waals surface area contributed by atoms with Gasteiger partial charge >= 0.3 is 0 Å². The molecule has 6 nitrogen and oxygen atoms in total. The molecule has 0 fully saturated rings. The lowest BCUT2D eigenvalue weighted by atomic mass is 10.1. The second-order valence-electron chi connectivity index (χ2n) is 4.81. The average Bonchev–Trinajstić information content (AvgIpc) is 3.04. The molecule has 0 bridgehead atoms. The molecule has 0 aliphatic carbocycles. The molecule has 3 aromatic rings. The lowest BCUT2D eigenvalue weighted by Crippen LogP contribution is -2.11. The van der Waals surface area contributed by atoms with Gasteiger partial charge in [-0.1, -0.05) is 28.1 Å². The summed E-state index contributed by atoms with van der Waals surface area (Å²) in [6.45, 7) is 0. The maximum Gasteiger partial charge on any atom is 0.270 e. The molecule has 0 aliphatic heterocycles.